The van der Waals surface area contributed by atoms with Gasteiger partial charge in [-0.1, -0.05) is 24.3 Å². The van der Waals surface area contributed by atoms with E-state index in [9.17, 15) is 9.59 Å². The van der Waals surface area contributed by atoms with Crippen LogP contribution in [0.3, 0.4) is 0 Å². The van der Waals surface area contributed by atoms with E-state index in [1.165, 1.54) is 27.9 Å². The number of nitrogens with one attached hydrogen (secondary N) is 1. The number of aromatic nitrogens is 3. The fraction of sp³-hybridized carbons (Fsp3) is 0.429. The Balaban J connectivity index is 1.04. The summed E-state index contributed by atoms with van der Waals surface area (Å²) in [5.74, 6) is -1.26. The summed E-state index contributed by atoms with van der Waals surface area (Å²) in [5, 5.41) is 5.05. The Labute approximate surface area is 270 Å². The highest BCUT2D eigenvalue weighted by Gasteiger charge is 2.71. The largest absolute Gasteiger partial charge is 0.352 e. The summed E-state index contributed by atoms with van der Waals surface area (Å²) < 4.78 is 29.6. The molecule has 4 aromatic rings. The van der Waals surface area contributed by atoms with Gasteiger partial charge in [0.2, 0.25) is 0 Å². The van der Waals surface area contributed by atoms with Gasteiger partial charge in [0.25, 0.3) is 11.8 Å². The molecule has 4 heterocycles. The van der Waals surface area contributed by atoms with E-state index in [4.69, 9.17) is 9.47 Å². The third-order valence-corrected chi connectivity index (χ3v) is 11.0. The highest BCUT2D eigenvalue weighted by molar-refractivity contribution is 7.13. The zero-order valence-corrected chi connectivity index (χ0v) is 26.7. The lowest BCUT2D eigenvalue weighted by atomic mass is 9.33. The van der Waals surface area contributed by atoms with Crippen LogP contribution in [-0.2, 0) is 39.2 Å². The molecule has 238 valence electrons. The van der Waals surface area contributed by atoms with Crippen molar-refractivity contribution in [3.8, 4) is 11.1 Å². The van der Waals surface area contributed by atoms with E-state index in [1.54, 1.807) is 24.0 Å². The summed E-state index contributed by atoms with van der Waals surface area (Å²) in [4.78, 5) is 37.9. The van der Waals surface area contributed by atoms with Crippen molar-refractivity contribution in [3.05, 3.63) is 88.2 Å². The first-order chi connectivity index (χ1) is 22.3. The van der Waals surface area contributed by atoms with Gasteiger partial charge in [-0.3, -0.25) is 14.9 Å². The summed E-state index contributed by atoms with van der Waals surface area (Å²) in [6.07, 6.45) is 8.01. The molecule has 0 saturated heterocycles. The summed E-state index contributed by atoms with van der Waals surface area (Å²) >= 11 is 1.30. The summed E-state index contributed by atoms with van der Waals surface area (Å²) in [6.45, 7) is 6.08. The van der Waals surface area contributed by atoms with Crippen LogP contribution in [0, 0.1) is 11.2 Å². The minimum Gasteiger partial charge on any atom is -0.352 e. The Bertz CT molecular complexity index is 1800. The fourth-order valence-corrected chi connectivity index (χ4v) is 8.84. The van der Waals surface area contributed by atoms with Crippen molar-refractivity contribution in [2.75, 3.05) is 18.5 Å². The Morgan fingerprint density at radius 1 is 1.09 bits per heavy atom. The van der Waals surface area contributed by atoms with Crippen LogP contribution in [0.2, 0.25) is 0 Å². The number of ether oxygens (including phenoxy) is 2. The lowest BCUT2D eigenvalue weighted by Gasteiger charge is -2.72. The summed E-state index contributed by atoms with van der Waals surface area (Å²) in [5.41, 5.74) is 5.04. The normalized spacial score (nSPS) is 23.2. The molecular formula is C35H36FN5O4S. The van der Waals surface area contributed by atoms with Crippen molar-refractivity contribution in [1.29, 1.82) is 0 Å². The molecule has 1 unspecified atom stereocenters. The Kier molecular flexibility index (Phi) is 7.11. The van der Waals surface area contributed by atoms with E-state index in [0.29, 0.717) is 35.2 Å². The molecule has 3 aliphatic carbocycles. The number of carbonyl (C=O) groups excluding carboxylic acids is 2. The molecule has 11 heteroatoms. The fourth-order valence-electron chi connectivity index (χ4n) is 8.31. The molecule has 3 fully saturated rings. The highest BCUT2D eigenvalue weighted by Crippen LogP contribution is 2.75. The van der Waals surface area contributed by atoms with E-state index in [0.717, 1.165) is 49.9 Å². The first-order valence-electron chi connectivity index (χ1n) is 16.1. The minimum absolute atomic E-state index is 0.0176. The SMILES string of the molecule is CCOC(OCC)C12CC(c3ccc(-c4cc(F)c5c(c4)C(=O)N(C(C(=O)Nc4nccs4)c4ncn6c4CCC6)C5)cc3)(C1)C2. The van der Waals surface area contributed by atoms with Gasteiger partial charge in [-0.25, -0.2) is 14.4 Å². The molecule has 0 spiro atoms. The topological polar surface area (TPSA) is 98.6 Å². The van der Waals surface area contributed by atoms with Gasteiger partial charge in [0.1, 0.15) is 5.82 Å². The standard InChI is InChI=1S/C35H36FN5O4S/c1-3-44-32(45-4-2)35-17-34(18-35,19-35)23-9-7-21(8-10-23)22-14-24-25(26(36)15-22)16-41(31(24)43)29(30(42)39-33-37-11-13-46-33)28-27-6-5-12-40(27)20-38-28/h7-11,13-15,20,29,32H,3-6,12,16-19H2,1-2H3,(H,37,39,42). The molecule has 0 radical (unpaired) electrons. The second kappa shape index (κ2) is 11.1. The maximum atomic E-state index is 15.8. The number of thiazole rings is 1. The van der Waals surface area contributed by atoms with Gasteiger partial charge < -0.3 is 18.9 Å². The summed E-state index contributed by atoms with van der Waals surface area (Å²) in [7, 11) is 0. The number of halogens is 1. The number of aryl methyl sites for hydroxylation is 1. The maximum absolute atomic E-state index is 15.8. The number of fused-ring (bicyclic) bond motifs is 2. The van der Waals surface area contributed by atoms with Crippen LogP contribution in [0.15, 0.2) is 54.3 Å². The van der Waals surface area contributed by atoms with E-state index >= 15 is 4.39 Å². The molecule has 5 aliphatic rings. The predicted octanol–water partition coefficient (Wildman–Crippen LogP) is 6.25. The molecule has 2 aromatic heterocycles. The van der Waals surface area contributed by atoms with E-state index in [-0.39, 0.29) is 35.1 Å². The van der Waals surface area contributed by atoms with Crippen molar-refractivity contribution in [3.63, 3.8) is 0 Å². The molecule has 2 bridgehead atoms. The molecule has 3 saturated carbocycles. The number of anilines is 1. The molecular weight excluding hydrogens is 605 g/mol. The quantitative estimate of drug-likeness (QED) is 0.195. The Hall–Kier alpha value is -3.93. The minimum atomic E-state index is -1.01. The molecule has 1 N–H and O–H groups in total. The number of hydrogen-bond acceptors (Lipinski definition) is 7. The average molecular weight is 642 g/mol. The summed E-state index contributed by atoms with van der Waals surface area (Å²) in [6, 6.07) is 10.5. The second-order valence-electron chi connectivity index (χ2n) is 13.0. The van der Waals surface area contributed by atoms with E-state index < -0.39 is 17.8 Å². The van der Waals surface area contributed by atoms with Crippen LogP contribution in [0.4, 0.5) is 9.52 Å². The van der Waals surface area contributed by atoms with Crippen LogP contribution in [0.1, 0.15) is 78.4 Å². The van der Waals surface area contributed by atoms with Gasteiger partial charge in [-0.05, 0) is 80.2 Å². The maximum Gasteiger partial charge on any atom is 0.255 e. The van der Waals surface area contributed by atoms with Crippen molar-refractivity contribution in [2.24, 2.45) is 5.41 Å². The Morgan fingerprint density at radius 3 is 2.54 bits per heavy atom. The first-order valence-corrected chi connectivity index (χ1v) is 16.9. The second-order valence-corrected chi connectivity index (χ2v) is 13.9. The van der Waals surface area contributed by atoms with Crippen molar-refractivity contribution < 1.29 is 23.5 Å². The van der Waals surface area contributed by atoms with Gasteiger partial charge in [-0.15, -0.1) is 11.3 Å². The Morgan fingerprint density at radius 2 is 1.85 bits per heavy atom. The van der Waals surface area contributed by atoms with Gasteiger partial charge in [0.15, 0.2) is 17.5 Å². The molecule has 46 heavy (non-hydrogen) atoms. The number of benzene rings is 2. The van der Waals surface area contributed by atoms with Crippen molar-refractivity contribution in [1.82, 2.24) is 19.4 Å². The zero-order valence-electron chi connectivity index (χ0n) is 25.9. The van der Waals surface area contributed by atoms with Crippen molar-refractivity contribution >= 4 is 28.3 Å². The molecule has 9 rings (SSSR count). The lowest BCUT2D eigenvalue weighted by Crippen LogP contribution is -2.70. The van der Waals surface area contributed by atoms with E-state index in [1.807, 2.05) is 30.5 Å². The van der Waals surface area contributed by atoms with E-state index in [2.05, 4.69) is 27.4 Å². The third-order valence-electron chi connectivity index (χ3n) is 10.3. The molecule has 1 atom stereocenters. The number of rotatable bonds is 11. The van der Waals surface area contributed by atoms with Gasteiger partial charge >= 0.3 is 0 Å². The average Bonchev–Trinajstić information content (AvgIpc) is 3.81. The number of amides is 2. The van der Waals surface area contributed by atoms with Crippen LogP contribution >= 0.6 is 11.3 Å². The third kappa shape index (κ3) is 4.54. The van der Waals surface area contributed by atoms with Gasteiger partial charge in [-0.2, -0.15) is 0 Å². The molecule has 2 amide bonds. The predicted molar refractivity (Wildman–Crippen MR) is 171 cm³/mol. The lowest BCUT2D eigenvalue weighted by molar-refractivity contribution is -0.306. The number of nitrogens with zero attached hydrogens (tertiary/aromatic N) is 4. The van der Waals surface area contributed by atoms with Crippen molar-refractivity contribution in [2.45, 2.75) is 76.8 Å². The number of hydrogen-bond donors (Lipinski definition) is 1. The number of imidazole rings is 1. The number of carbonyl (C=O) groups is 2. The van der Waals surface area contributed by atoms with Crippen LogP contribution in [0.5, 0.6) is 0 Å². The van der Waals surface area contributed by atoms with Crippen LogP contribution in [0.25, 0.3) is 11.1 Å². The molecule has 2 aliphatic heterocycles. The van der Waals surface area contributed by atoms with Gasteiger partial charge in [0.05, 0.1) is 18.6 Å². The zero-order chi connectivity index (χ0) is 31.6. The molecule has 2 aromatic carbocycles. The highest BCUT2D eigenvalue weighted by atomic mass is 32.1. The molecule has 9 nitrogen and oxygen atoms in total. The smallest absolute Gasteiger partial charge is 0.255 e. The van der Waals surface area contributed by atoms with Crippen LogP contribution < -0.4 is 5.32 Å². The first kappa shape index (κ1) is 29.5. The van der Waals surface area contributed by atoms with Gasteiger partial charge in [0, 0.05) is 53.6 Å². The van der Waals surface area contributed by atoms with Crippen LogP contribution in [-0.4, -0.2) is 50.8 Å². The monoisotopic (exact) mass is 641 g/mol.